The van der Waals surface area contributed by atoms with E-state index in [1.807, 2.05) is 13.0 Å². The Morgan fingerprint density at radius 2 is 2.27 bits per heavy atom. The van der Waals surface area contributed by atoms with E-state index in [-0.39, 0.29) is 16.4 Å². The van der Waals surface area contributed by atoms with E-state index in [0.29, 0.717) is 31.3 Å². The van der Waals surface area contributed by atoms with Crippen molar-refractivity contribution in [2.75, 3.05) is 26.3 Å². The molecule has 1 aliphatic rings. The number of nitrogens with zero attached hydrogens (tertiary/aromatic N) is 2. The zero-order valence-corrected chi connectivity index (χ0v) is 14.0. The van der Waals surface area contributed by atoms with Gasteiger partial charge in [-0.25, -0.2) is 8.42 Å². The fraction of sp³-hybridized carbons (Fsp3) is 0.533. The number of hydrogen-bond acceptors (Lipinski definition) is 4. The highest BCUT2D eigenvalue weighted by Crippen LogP contribution is 2.27. The predicted molar refractivity (Wildman–Crippen MR) is 84.1 cm³/mol. The molecule has 0 spiro atoms. The van der Waals surface area contributed by atoms with E-state index < -0.39 is 10.0 Å². The first-order chi connectivity index (χ1) is 10.5. The Labute approximate surface area is 136 Å². The summed E-state index contributed by atoms with van der Waals surface area (Å²) in [6, 6.07) is 6.20. The maximum absolute atomic E-state index is 12.8. The summed E-state index contributed by atoms with van der Waals surface area (Å²) in [5, 5.41) is 9.51. The highest BCUT2D eigenvalue weighted by atomic mass is 35.5. The van der Waals surface area contributed by atoms with Crippen LogP contribution in [0.4, 0.5) is 0 Å². The number of rotatable bonds is 5. The summed E-state index contributed by atoms with van der Waals surface area (Å²) in [5.41, 5.74) is 0.0828. The number of piperidine rings is 1. The van der Waals surface area contributed by atoms with Crippen LogP contribution in [0, 0.1) is 17.2 Å². The zero-order chi connectivity index (χ0) is 16.2. The molecule has 1 aromatic rings. The average molecular weight is 343 g/mol. The van der Waals surface area contributed by atoms with E-state index in [1.165, 1.54) is 22.5 Å². The number of halogens is 1. The second-order valence-electron chi connectivity index (χ2n) is 5.28. The molecule has 1 aromatic carbocycles. The van der Waals surface area contributed by atoms with Crippen LogP contribution in [0.2, 0.25) is 5.02 Å². The first-order valence-corrected chi connectivity index (χ1v) is 9.08. The van der Waals surface area contributed by atoms with Crippen molar-refractivity contribution in [3.63, 3.8) is 0 Å². The van der Waals surface area contributed by atoms with Gasteiger partial charge in [0, 0.05) is 24.7 Å². The molecule has 0 aliphatic carbocycles. The lowest BCUT2D eigenvalue weighted by atomic mass is 10.0. The van der Waals surface area contributed by atoms with Gasteiger partial charge in [-0.1, -0.05) is 11.6 Å². The fourth-order valence-electron chi connectivity index (χ4n) is 2.62. The lowest BCUT2D eigenvalue weighted by Gasteiger charge is -2.31. The van der Waals surface area contributed by atoms with Crippen molar-refractivity contribution in [1.29, 1.82) is 5.26 Å². The summed E-state index contributed by atoms with van der Waals surface area (Å²) >= 11 is 5.84. The molecule has 5 nitrogen and oxygen atoms in total. The third kappa shape index (κ3) is 3.79. The lowest BCUT2D eigenvalue weighted by Crippen LogP contribution is -2.41. The number of nitriles is 1. The molecule has 0 N–H and O–H groups in total. The van der Waals surface area contributed by atoms with E-state index in [1.54, 1.807) is 0 Å². The Hall–Kier alpha value is -1.13. The van der Waals surface area contributed by atoms with Crippen molar-refractivity contribution in [3.8, 4) is 6.07 Å². The van der Waals surface area contributed by atoms with Gasteiger partial charge in [0.05, 0.1) is 12.2 Å². The van der Waals surface area contributed by atoms with Crippen LogP contribution < -0.4 is 0 Å². The van der Waals surface area contributed by atoms with Crippen LogP contribution in [0.5, 0.6) is 0 Å². The number of benzene rings is 1. The van der Waals surface area contributed by atoms with E-state index in [0.717, 1.165) is 12.8 Å². The molecule has 0 aromatic heterocycles. The van der Waals surface area contributed by atoms with Gasteiger partial charge in [-0.2, -0.15) is 9.57 Å². The van der Waals surface area contributed by atoms with Gasteiger partial charge in [0.15, 0.2) is 0 Å². The second-order valence-corrected chi connectivity index (χ2v) is 7.63. The molecule has 120 valence electrons. The van der Waals surface area contributed by atoms with E-state index >= 15 is 0 Å². The molecule has 0 saturated carbocycles. The molecule has 1 fully saturated rings. The molecule has 7 heteroatoms. The van der Waals surface area contributed by atoms with Gasteiger partial charge in [0.1, 0.15) is 11.0 Å². The lowest BCUT2D eigenvalue weighted by molar-refractivity contribution is 0.0864. The van der Waals surface area contributed by atoms with Crippen molar-refractivity contribution in [2.24, 2.45) is 5.92 Å². The van der Waals surface area contributed by atoms with Crippen molar-refractivity contribution < 1.29 is 13.2 Å². The van der Waals surface area contributed by atoms with Crippen LogP contribution in [0.15, 0.2) is 23.1 Å². The average Bonchev–Trinajstić information content (AvgIpc) is 2.52. The van der Waals surface area contributed by atoms with Gasteiger partial charge in [-0.15, -0.1) is 0 Å². The van der Waals surface area contributed by atoms with Gasteiger partial charge in [-0.3, -0.25) is 0 Å². The normalized spacial score (nSPS) is 19.8. The Bertz CT molecular complexity index is 670. The number of sulfonamides is 1. The van der Waals surface area contributed by atoms with E-state index in [9.17, 15) is 8.42 Å². The summed E-state index contributed by atoms with van der Waals surface area (Å²) in [7, 11) is -3.68. The maximum atomic E-state index is 12.8. The Kier molecular flexibility index (Phi) is 5.81. The smallest absolute Gasteiger partial charge is 0.244 e. The Morgan fingerprint density at radius 1 is 1.50 bits per heavy atom. The summed E-state index contributed by atoms with van der Waals surface area (Å²) in [6.45, 7) is 4.01. The third-order valence-electron chi connectivity index (χ3n) is 3.72. The Morgan fingerprint density at radius 3 is 2.95 bits per heavy atom. The van der Waals surface area contributed by atoms with Crippen molar-refractivity contribution in [2.45, 2.75) is 24.7 Å². The third-order valence-corrected chi connectivity index (χ3v) is 5.88. The highest BCUT2D eigenvalue weighted by molar-refractivity contribution is 7.89. The van der Waals surface area contributed by atoms with Crippen molar-refractivity contribution in [3.05, 3.63) is 28.8 Å². The first kappa shape index (κ1) is 17.2. The molecule has 1 atom stereocenters. The van der Waals surface area contributed by atoms with Gasteiger partial charge in [-0.05, 0) is 43.9 Å². The van der Waals surface area contributed by atoms with E-state index in [4.69, 9.17) is 21.6 Å². The summed E-state index contributed by atoms with van der Waals surface area (Å²) in [4.78, 5) is 0.0245. The van der Waals surface area contributed by atoms with E-state index in [2.05, 4.69) is 0 Å². The molecule has 2 rings (SSSR count). The zero-order valence-electron chi connectivity index (χ0n) is 12.5. The van der Waals surface area contributed by atoms with Crippen LogP contribution in [0.3, 0.4) is 0 Å². The Balaban J connectivity index is 2.25. The SMILES string of the molecule is CCOCC1CCCN(S(=O)(=O)c2ccc(Cl)cc2C#N)C1. The molecule has 1 saturated heterocycles. The minimum absolute atomic E-state index is 0.0245. The monoisotopic (exact) mass is 342 g/mol. The molecule has 0 radical (unpaired) electrons. The van der Waals surface area contributed by atoms with Gasteiger partial charge in [0.2, 0.25) is 10.0 Å². The first-order valence-electron chi connectivity index (χ1n) is 7.26. The molecule has 1 heterocycles. The van der Waals surface area contributed by atoms with Gasteiger partial charge in [0.25, 0.3) is 0 Å². The molecule has 1 aliphatic heterocycles. The topological polar surface area (TPSA) is 70.4 Å². The predicted octanol–water partition coefficient (Wildman–Crippen LogP) is 2.65. The highest BCUT2D eigenvalue weighted by Gasteiger charge is 2.31. The minimum atomic E-state index is -3.68. The van der Waals surface area contributed by atoms with Gasteiger partial charge >= 0.3 is 0 Å². The number of hydrogen-bond donors (Lipinski definition) is 0. The van der Waals surface area contributed by atoms with Crippen molar-refractivity contribution >= 4 is 21.6 Å². The molecular weight excluding hydrogens is 324 g/mol. The molecule has 0 bridgehead atoms. The van der Waals surface area contributed by atoms with Gasteiger partial charge < -0.3 is 4.74 Å². The molecule has 0 amide bonds. The summed E-state index contributed by atoms with van der Waals surface area (Å²) < 4.78 is 32.4. The maximum Gasteiger partial charge on any atom is 0.244 e. The number of ether oxygens (including phenoxy) is 1. The summed E-state index contributed by atoms with van der Waals surface area (Å²) in [5.74, 6) is 0.196. The van der Waals surface area contributed by atoms with Crippen LogP contribution in [0.1, 0.15) is 25.3 Å². The van der Waals surface area contributed by atoms with Crippen molar-refractivity contribution in [1.82, 2.24) is 4.31 Å². The standard InChI is InChI=1S/C15H19ClN2O3S/c1-2-21-11-12-4-3-7-18(10-12)22(19,20)15-6-5-14(16)8-13(15)9-17/h5-6,8,12H,2-4,7,10-11H2,1H3. The van der Waals surface area contributed by atoms with Crippen LogP contribution in [-0.2, 0) is 14.8 Å². The quantitative estimate of drug-likeness (QED) is 0.824. The minimum Gasteiger partial charge on any atom is -0.381 e. The molecular formula is C15H19ClN2O3S. The summed E-state index contributed by atoms with van der Waals surface area (Å²) in [6.07, 6.45) is 1.75. The second kappa shape index (κ2) is 7.42. The van der Waals surface area contributed by atoms with Crippen LogP contribution in [-0.4, -0.2) is 39.0 Å². The largest absolute Gasteiger partial charge is 0.381 e. The van der Waals surface area contributed by atoms with Crippen LogP contribution in [0.25, 0.3) is 0 Å². The fourth-order valence-corrected chi connectivity index (χ4v) is 4.47. The van der Waals surface area contributed by atoms with Crippen LogP contribution >= 0.6 is 11.6 Å². The molecule has 22 heavy (non-hydrogen) atoms. The molecule has 1 unspecified atom stereocenters.